The Labute approximate surface area is 665 Å². The standard InChI is InChI=1S/2C10H14N2O2.6C8H8O2.2C2H3N.2Er.2Fe.2H2O/c2*13-7-5-12(6-8-14)9-10-3-1-2-4-11-10;6*1-6-2-4-7(5-3-6)8(9)10;2*1-2-3;;;;;;/h2*1-4H,5-9H2;6*2-5H,1H3,(H,9,10);2*1H3;;;;;2*1H2/q2*-2;;;;;;;;;4*+3;;/p-8. The molecule has 2 N–H and O–H groups in total. The fraction of sp³-hybridized carbons (Fsp3) is 0.250. The Kier molecular flexibility index (Phi) is 74.7. The molecule has 8 rings (SSSR count). The van der Waals surface area contributed by atoms with Crippen LogP contribution < -0.4 is 51.1 Å². The van der Waals surface area contributed by atoms with Crippen molar-refractivity contribution < 1.29 is 200 Å². The molecule has 0 amide bonds. The molecule has 0 aliphatic carbocycles. The zero-order valence-corrected chi connectivity index (χ0v) is 61.9. The average molecular weight is 1760 g/mol. The second kappa shape index (κ2) is 68.8. The number of nitriles is 2. The van der Waals surface area contributed by atoms with E-state index in [4.69, 9.17) is 10.5 Å². The molecule has 2 heterocycles. The molecule has 0 fully saturated rings. The summed E-state index contributed by atoms with van der Waals surface area (Å²) in [6, 6.07) is 54.0. The van der Waals surface area contributed by atoms with Gasteiger partial charge in [0.15, 0.2) is 0 Å². The van der Waals surface area contributed by atoms with Gasteiger partial charge in [-0.2, -0.15) is 10.5 Å². The molecule has 0 bridgehead atoms. The van der Waals surface area contributed by atoms with Gasteiger partial charge in [0, 0.05) is 39.3 Å². The van der Waals surface area contributed by atoms with Gasteiger partial charge in [-0.3, -0.25) is 9.97 Å². The third-order valence-corrected chi connectivity index (χ3v) is 11.6. The molecule has 0 unspecified atom stereocenters. The van der Waals surface area contributed by atoms with Crippen LogP contribution in [0, 0.1) is 139 Å². The first-order valence-corrected chi connectivity index (χ1v) is 28.6. The van der Waals surface area contributed by atoms with E-state index in [1.165, 1.54) is 86.6 Å². The zero-order chi connectivity index (χ0) is 71.2. The van der Waals surface area contributed by atoms with E-state index in [0.717, 1.165) is 44.8 Å². The third kappa shape index (κ3) is 57.4. The SMILES string of the molecule is CC#N.CC#N.Cc1ccc(C(=O)[O-])cc1.Cc1ccc(C(=O)[O-])cc1.Cc1ccc(C(=O)[O-])cc1.Cc1ccc(C(=O)[O-])cc1.Cc1ccc(C(=O)[O-])cc1.Cc1ccc(C(=O)[O-])cc1.[Er+3].[Er+3].[Fe+3].[Fe+3].[O-]CCN(CC[O-])Cc1ccccn1.[O-]CCN(CC[O-])Cc1ccccn1.[OH-].[OH-]. The van der Waals surface area contributed by atoms with Crippen LogP contribution in [0.5, 0.6) is 0 Å². The number of aromatic carboxylic acids is 6. The van der Waals surface area contributed by atoms with Crippen molar-refractivity contribution in [1.29, 1.82) is 10.5 Å². The second-order valence-corrected chi connectivity index (χ2v) is 19.4. The van der Waals surface area contributed by atoms with Gasteiger partial charge in [0.2, 0.25) is 0 Å². The Balaban J connectivity index is -0.000000158. The molecule has 6 aromatic carbocycles. The number of aromatic nitrogens is 2. The summed E-state index contributed by atoms with van der Waals surface area (Å²) in [5, 5.41) is 118. The first-order valence-electron chi connectivity index (χ1n) is 28.6. The van der Waals surface area contributed by atoms with Gasteiger partial charge in [-0.1, -0.05) is 191 Å². The monoisotopic (exact) mass is 1760 g/mol. The molecule has 0 aliphatic rings. The van der Waals surface area contributed by atoms with Crippen molar-refractivity contribution in [2.24, 2.45) is 0 Å². The summed E-state index contributed by atoms with van der Waals surface area (Å²) in [6.07, 6.45) is 3.42. The van der Waals surface area contributed by atoms with Crippen molar-refractivity contribution >= 4 is 35.8 Å². The van der Waals surface area contributed by atoms with E-state index in [2.05, 4.69) is 9.97 Å². The maximum absolute atomic E-state index is 10.4. The first-order chi connectivity index (χ1) is 44.7. The van der Waals surface area contributed by atoms with Gasteiger partial charge in [0.1, 0.15) is 0 Å². The molecule has 0 aliphatic heterocycles. The summed E-state index contributed by atoms with van der Waals surface area (Å²) in [6.45, 7) is 16.4. The van der Waals surface area contributed by atoms with E-state index >= 15 is 0 Å². The fourth-order valence-electron chi connectivity index (χ4n) is 6.64. The predicted molar refractivity (Wildman–Crippen MR) is 338 cm³/mol. The summed E-state index contributed by atoms with van der Waals surface area (Å²) in [4.78, 5) is 73.2. The number of aryl methyl sites for hydroxylation is 6. The maximum atomic E-state index is 10.4. The Morgan fingerprint density at radius 3 is 0.590 bits per heavy atom. The largest absolute Gasteiger partial charge is 3.00 e. The van der Waals surface area contributed by atoms with E-state index in [0.29, 0.717) is 39.3 Å². The minimum absolute atomic E-state index is 0. The molecule has 28 heteroatoms. The van der Waals surface area contributed by atoms with Gasteiger partial charge in [-0.25, -0.2) is 0 Å². The van der Waals surface area contributed by atoms with Gasteiger partial charge in [0.05, 0.1) is 59.3 Å². The van der Waals surface area contributed by atoms with Crippen LogP contribution in [0.1, 0.15) is 121 Å². The minimum atomic E-state index is -1.12. The number of hydrogen-bond acceptors (Lipinski definition) is 24. The van der Waals surface area contributed by atoms with Crippen LogP contribution in [0.25, 0.3) is 0 Å². The molecular formula is C72H78Er2Fe2N6O18. The second-order valence-electron chi connectivity index (χ2n) is 19.4. The molecular weight excluding hydrogens is 1680 g/mol. The van der Waals surface area contributed by atoms with Gasteiger partial charge in [-0.15, -0.1) is 26.4 Å². The number of hydrogen-bond donors (Lipinski definition) is 0. The maximum Gasteiger partial charge on any atom is 3.00 e. The molecule has 0 atom stereocenters. The Bertz CT molecular complexity index is 2960. The number of benzene rings is 6. The van der Waals surface area contributed by atoms with Crippen molar-refractivity contribution in [2.45, 2.75) is 68.5 Å². The fourth-order valence-corrected chi connectivity index (χ4v) is 6.64. The van der Waals surface area contributed by atoms with Crippen molar-refractivity contribution in [3.05, 3.63) is 273 Å². The van der Waals surface area contributed by atoms with Crippen LogP contribution in [-0.4, -0.2) is 119 Å². The molecule has 0 saturated heterocycles. The van der Waals surface area contributed by atoms with Crippen molar-refractivity contribution in [1.82, 2.24) is 19.8 Å². The molecule has 8 aromatic rings. The molecule has 2 aromatic heterocycles. The van der Waals surface area contributed by atoms with Crippen LogP contribution in [0.4, 0.5) is 0 Å². The quantitative estimate of drug-likeness (QED) is 0.103. The Hall–Kier alpha value is -7.37. The summed E-state index contributed by atoms with van der Waals surface area (Å²) in [5.74, 6) is -6.75. The van der Waals surface area contributed by atoms with Gasteiger partial charge < -0.3 is 101 Å². The minimum Gasteiger partial charge on any atom is -0.870 e. The number of pyridine rings is 2. The Morgan fingerprint density at radius 1 is 0.330 bits per heavy atom. The first kappa shape index (κ1) is 109. The molecule has 24 nitrogen and oxygen atoms in total. The van der Waals surface area contributed by atoms with E-state index in [-0.39, 0.29) is 180 Å². The zero-order valence-electron chi connectivity index (χ0n) is 55.9. The van der Waals surface area contributed by atoms with Crippen LogP contribution in [-0.2, 0) is 47.2 Å². The van der Waals surface area contributed by atoms with E-state index < -0.39 is 35.8 Å². The molecule has 4 radical (unpaired) electrons. The van der Waals surface area contributed by atoms with E-state index in [1.807, 2.05) is 87.7 Å². The normalized spacial score (nSPS) is 8.76. The number of carboxylic acid groups (broad SMARTS) is 6. The average Bonchev–Trinajstić information content (AvgIpc) is 1.26. The third-order valence-electron chi connectivity index (χ3n) is 11.6. The van der Waals surface area contributed by atoms with Crippen molar-refractivity contribution in [3.63, 3.8) is 0 Å². The summed E-state index contributed by atoms with van der Waals surface area (Å²) in [7, 11) is 0. The predicted octanol–water partition coefficient (Wildman–Crippen LogP) is 0.0607. The van der Waals surface area contributed by atoms with E-state index in [9.17, 15) is 79.8 Å². The van der Waals surface area contributed by atoms with Gasteiger partial charge in [0.25, 0.3) is 0 Å². The Morgan fingerprint density at radius 2 is 0.480 bits per heavy atom. The van der Waals surface area contributed by atoms with Crippen molar-refractivity contribution in [3.8, 4) is 12.1 Å². The van der Waals surface area contributed by atoms with Crippen LogP contribution >= 0.6 is 0 Å². The van der Waals surface area contributed by atoms with Crippen molar-refractivity contribution in [2.75, 3.05) is 52.6 Å². The summed E-state index contributed by atoms with van der Waals surface area (Å²) in [5.41, 5.74) is 9.44. The smallest absolute Gasteiger partial charge is 0.870 e. The van der Waals surface area contributed by atoms with Gasteiger partial charge >= 0.3 is 109 Å². The van der Waals surface area contributed by atoms with Crippen LogP contribution in [0.3, 0.4) is 0 Å². The molecule has 544 valence electrons. The molecule has 100 heavy (non-hydrogen) atoms. The number of nitrogens with zero attached hydrogens (tertiary/aromatic N) is 6. The summed E-state index contributed by atoms with van der Waals surface area (Å²) >= 11 is 0. The molecule has 0 spiro atoms. The topological polar surface area (TPSA) is 473 Å². The number of carboxylic acids is 6. The van der Waals surface area contributed by atoms with Gasteiger partial charge in [-0.05, 0) is 125 Å². The van der Waals surface area contributed by atoms with E-state index in [1.54, 1.807) is 97.3 Å². The summed E-state index contributed by atoms with van der Waals surface area (Å²) < 4.78 is 0. The number of carbonyl (C=O) groups is 6. The number of rotatable bonds is 18. The molecule has 0 saturated carbocycles. The number of carbonyl (C=O) groups excluding carboxylic acids is 6. The van der Waals surface area contributed by atoms with Crippen LogP contribution in [0.15, 0.2) is 194 Å². The van der Waals surface area contributed by atoms with Crippen LogP contribution in [0.2, 0.25) is 0 Å².